The molecule has 0 unspecified atom stereocenters. The summed E-state index contributed by atoms with van der Waals surface area (Å²) < 4.78 is 0. The van der Waals surface area contributed by atoms with E-state index in [1.54, 1.807) is 0 Å². The third-order valence-electron chi connectivity index (χ3n) is 4.34. The number of rotatable bonds is 1. The van der Waals surface area contributed by atoms with E-state index >= 15 is 0 Å². The molecule has 0 saturated heterocycles. The van der Waals surface area contributed by atoms with E-state index in [4.69, 9.17) is 5.73 Å². The Hall–Kier alpha value is -1.84. The van der Waals surface area contributed by atoms with Crippen molar-refractivity contribution in [3.63, 3.8) is 0 Å². The number of hydrazone groups is 1. The van der Waals surface area contributed by atoms with Crippen molar-refractivity contribution >= 4 is 11.7 Å². The molecule has 0 heterocycles. The fourth-order valence-corrected chi connectivity index (χ4v) is 3.53. The van der Waals surface area contributed by atoms with Crippen molar-refractivity contribution in [2.75, 3.05) is 0 Å². The maximum atomic E-state index is 10.8. The summed E-state index contributed by atoms with van der Waals surface area (Å²) in [5, 5.41) is 4.21. The Morgan fingerprint density at radius 1 is 1.26 bits per heavy atom. The minimum atomic E-state index is -0.601. The van der Waals surface area contributed by atoms with Crippen molar-refractivity contribution < 1.29 is 4.79 Å². The van der Waals surface area contributed by atoms with E-state index in [-0.39, 0.29) is 0 Å². The first-order valence-electron chi connectivity index (χ1n) is 6.97. The molecule has 1 aromatic carbocycles. The fourth-order valence-electron chi connectivity index (χ4n) is 3.53. The van der Waals surface area contributed by atoms with Crippen LogP contribution in [-0.4, -0.2) is 11.7 Å². The van der Waals surface area contributed by atoms with E-state index in [2.05, 4.69) is 28.7 Å². The summed E-state index contributed by atoms with van der Waals surface area (Å²) in [5.74, 6) is 1.33. The summed E-state index contributed by atoms with van der Waals surface area (Å²) in [5.41, 5.74) is 11.0. The molecule has 3 rings (SSSR count). The standard InChI is InChI=1S/C15H19N3O/c16-15(19)18-17-14-9-10-5-1-2-6-11(10)12-7-3-4-8-13(12)14/h3-4,7-8,10-11H,1-2,5-6,9H2,(H3,16,18,19)/b17-14-/t10-,11+/m1/s1. The van der Waals surface area contributed by atoms with Crippen LogP contribution in [0.2, 0.25) is 0 Å². The van der Waals surface area contributed by atoms with Crippen molar-refractivity contribution in [2.45, 2.75) is 38.0 Å². The minimum Gasteiger partial charge on any atom is -0.350 e. The minimum absolute atomic E-state index is 0.601. The van der Waals surface area contributed by atoms with Crippen LogP contribution in [-0.2, 0) is 0 Å². The number of nitrogens with zero attached hydrogens (tertiary/aromatic N) is 1. The third kappa shape index (κ3) is 2.35. The second-order valence-electron chi connectivity index (χ2n) is 5.48. The molecule has 2 atom stereocenters. The van der Waals surface area contributed by atoms with E-state index in [9.17, 15) is 4.79 Å². The summed E-state index contributed by atoms with van der Waals surface area (Å²) in [6, 6.07) is 7.83. The van der Waals surface area contributed by atoms with Crippen LogP contribution in [0.15, 0.2) is 29.4 Å². The van der Waals surface area contributed by atoms with Gasteiger partial charge >= 0.3 is 6.03 Å². The van der Waals surface area contributed by atoms with Gasteiger partial charge in [-0.2, -0.15) is 5.10 Å². The number of urea groups is 1. The van der Waals surface area contributed by atoms with Crippen molar-refractivity contribution in [3.05, 3.63) is 35.4 Å². The van der Waals surface area contributed by atoms with Crippen molar-refractivity contribution in [2.24, 2.45) is 16.8 Å². The van der Waals surface area contributed by atoms with Crippen LogP contribution in [0.5, 0.6) is 0 Å². The quantitative estimate of drug-likeness (QED) is 0.746. The second-order valence-corrected chi connectivity index (χ2v) is 5.48. The van der Waals surface area contributed by atoms with Gasteiger partial charge in [0.1, 0.15) is 0 Å². The molecule has 0 radical (unpaired) electrons. The number of hydrogen-bond donors (Lipinski definition) is 2. The number of nitrogens with two attached hydrogens (primary N) is 1. The Balaban J connectivity index is 1.98. The van der Waals surface area contributed by atoms with Gasteiger partial charge in [-0.25, -0.2) is 10.2 Å². The van der Waals surface area contributed by atoms with E-state index in [1.807, 2.05) is 6.07 Å². The Labute approximate surface area is 113 Å². The van der Waals surface area contributed by atoms with Gasteiger partial charge in [0.25, 0.3) is 0 Å². The number of carbonyl (C=O) groups excluding carboxylic acids is 1. The lowest BCUT2D eigenvalue weighted by Gasteiger charge is -2.37. The van der Waals surface area contributed by atoms with E-state index in [0.29, 0.717) is 11.8 Å². The molecule has 4 heteroatoms. The van der Waals surface area contributed by atoms with Gasteiger partial charge in [0.2, 0.25) is 0 Å². The molecule has 4 nitrogen and oxygen atoms in total. The molecule has 0 spiro atoms. The van der Waals surface area contributed by atoms with Crippen LogP contribution >= 0.6 is 0 Å². The van der Waals surface area contributed by atoms with E-state index in [1.165, 1.54) is 36.8 Å². The number of amides is 2. The summed E-state index contributed by atoms with van der Waals surface area (Å²) in [4.78, 5) is 10.8. The Morgan fingerprint density at radius 2 is 2.05 bits per heavy atom. The van der Waals surface area contributed by atoms with Crippen LogP contribution in [0.4, 0.5) is 4.79 Å². The van der Waals surface area contributed by atoms with Gasteiger partial charge in [-0.05, 0) is 36.7 Å². The zero-order valence-corrected chi connectivity index (χ0v) is 10.9. The topological polar surface area (TPSA) is 67.5 Å². The van der Waals surface area contributed by atoms with Crippen LogP contribution in [0.1, 0.15) is 49.1 Å². The van der Waals surface area contributed by atoms with Crippen molar-refractivity contribution in [3.8, 4) is 0 Å². The normalized spacial score (nSPS) is 27.5. The molecule has 1 saturated carbocycles. The molecule has 0 bridgehead atoms. The highest BCUT2D eigenvalue weighted by Crippen LogP contribution is 2.44. The Kier molecular flexibility index (Phi) is 3.23. The molecule has 1 aromatic rings. The second kappa shape index (κ2) is 5.03. The zero-order valence-electron chi connectivity index (χ0n) is 10.9. The van der Waals surface area contributed by atoms with E-state index < -0.39 is 6.03 Å². The molecule has 100 valence electrons. The lowest BCUT2D eigenvalue weighted by Crippen LogP contribution is -2.31. The molecule has 0 aromatic heterocycles. The van der Waals surface area contributed by atoms with Gasteiger partial charge in [-0.1, -0.05) is 37.1 Å². The predicted octanol–water partition coefficient (Wildman–Crippen LogP) is 2.74. The number of benzene rings is 1. The Bertz CT molecular complexity index is 524. The summed E-state index contributed by atoms with van der Waals surface area (Å²) in [7, 11) is 0. The molecule has 1 fully saturated rings. The Morgan fingerprint density at radius 3 is 2.89 bits per heavy atom. The largest absolute Gasteiger partial charge is 0.350 e. The van der Waals surface area contributed by atoms with Crippen molar-refractivity contribution in [1.29, 1.82) is 0 Å². The first kappa shape index (κ1) is 12.2. The molecular weight excluding hydrogens is 238 g/mol. The highest BCUT2D eigenvalue weighted by Gasteiger charge is 2.34. The molecule has 2 amide bonds. The summed E-state index contributed by atoms with van der Waals surface area (Å²) in [6.45, 7) is 0. The zero-order chi connectivity index (χ0) is 13.2. The maximum absolute atomic E-state index is 10.8. The van der Waals surface area contributed by atoms with Crippen LogP contribution in [0.3, 0.4) is 0 Å². The number of fused-ring (bicyclic) bond motifs is 3. The van der Waals surface area contributed by atoms with Gasteiger partial charge in [0.15, 0.2) is 0 Å². The lowest BCUT2D eigenvalue weighted by molar-refractivity contribution is 0.249. The first-order chi connectivity index (χ1) is 9.25. The molecule has 3 N–H and O–H groups in total. The average Bonchev–Trinajstić information content (AvgIpc) is 2.44. The SMILES string of the molecule is NC(=O)N/N=C1/C[C@H]2CCCC[C@@H]2c2ccccc21. The van der Waals surface area contributed by atoms with Crippen LogP contribution in [0, 0.1) is 5.92 Å². The smallest absolute Gasteiger partial charge is 0.332 e. The summed E-state index contributed by atoms with van der Waals surface area (Å²) >= 11 is 0. The first-order valence-corrected chi connectivity index (χ1v) is 6.97. The van der Waals surface area contributed by atoms with Gasteiger partial charge < -0.3 is 5.73 Å². The highest BCUT2D eigenvalue weighted by atomic mass is 16.2. The van der Waals surface area contributed by atoms with Crippen LogP contribution in [0.25, 0.3) is 0 Å². The van der Waals surface area contributed by atoms with E-state index in [0.717, 1.165) is 12.1 Å². The molecular formula is C15H19N3O. The maximum Gasteiger partial charge on any atom is 0.332 e. The summed E-state index contributed by atoms with van der Waals surface area (Å²) in [6.07, 6.45) is 6.11. The number of primary amides is 1. The highest BCUT2D eigenvalue weighted by molar-refractivity contribution is 6.03. The lowest BCUT2D eigenvalue weighted by atomic mass is 9.67. The van der Waals surface area contributed by atoms with Gasteiger partial charge in [-0.15, -0.1) is 0 Å². The molecule has 2 aliphatic carbocycles. The van der Waals surface area contributed by atoms with Crippen molar-refractivity contribution in [1.82, 2.24) is 5.43 Å². The number of carbonyl (C=O) groups is 1. The number of hydrogen-bond acceptors (Lipinski definition) is 2. The van der Waals surface area contributed by atoms with Crippen LogP contribution < -0.4 is 11.2 Å². The van der Waals surface area contributed by atoms with Gasteiger partial charge in [-0.3, -0.25) is 0 Å². The van der Waals surface area contributed by atoms with Gasteiger partial charge in [0, 0.05) is 5.56 Å². The molecule has 19 heavy (non-hydrogen) atoms. The average molecular weight is 257 g/mol. The molecule has 2 aliphatic rings. The fraction of sp³-hybridized carbons (Fsp3) is 0.467. The number of nitrogens with one attached hydrogen (secondary N) is 1. The third-order valence-corrected chi connectivity index (χ3v) is 4.34. The monoisotopic (exact) mass is 257 g/mol. The molecule has 0 aliphatic heterocycles. The predicted molar refractivity (Wildman–Crippen MR) is 75.0 cm³/mol. The van der Waals surface area contributed by atoms with Gasteiger partial charge in [0.05, 0.1) is 5.71 Å².